The third kappa shape index (κ3) is 5.48. The van der Waals surface area contributed by atoms with Crippen molar-refractivity contribution in [3.8, 4) is 22.3 Å². The van der Waals surface area contributed by atoms with Gasteiger partial charge in [-0.15, -0.1) is 0 Å². The Bertz CT molecular complexity index is 3520. The Kier molecular flexibility index (Phi) is 8.33. The number of fused-ring (bicyclic) bond motifs is 3. The molecule has 0 atom stereocenters. The molecule has 4 saturated carbocycles. The van der Waals surface area contributed by atoms with Crippen LogP contribution in [0.4, 0.5) is 34.1 Å². The van der Waals surface area contributed by atoms with E-state index in [1.807, 2.05) is 0 Å². The van der Waals surface area contributed by atoms with Crippen molar-refractivity contribution in [2.75, 3.05) is 9.80 Å². The summed E-state index contributed by atoms with van der Waals surface area (Å²) in [6.45, 7) is 4.42. The molecule has 1 spiro atoms. The molecular formula is C64H52N2. The quantitative estimate of drug-likeness (QED) is 0.147. The van der Waals surface area contributed by atoms with Crippen LogP contribution in [-0.4, -0.2) is 0 Å². The molecule has 0 radical (unpaired) electrons. The van der Waals surface area contributed by atoms with E-state index < -0.39 is 0 Å². The van der Waals surface area contributed by atoms with Crippen molar-refractivity contribution in [1.29, 1.82) is 0 Å². The molecule has 2 heteroatoms. The Morgan fingerprint density at radius 3 is 1.56 bits per heavy atom. The van der Waals surface area contributed by atoms with Gasteiger partial charge in [0.15, 0.2) is 0 Å². The number of nitrogens with zero attached hydrogens (tertiary/aromatic N) is 2. The van der Waals surface area contributed by atoms with Gasteiger partial charge in [-0.3, -0.25) is 0 Å². The van der Waals surface area contributed by atoms with Crippen molar-refractivity contribution in [1.82, 2.24) is 0 Å². The molecule has 5 aliphatic carbocycles. The van der Waals surface area contributed by atoms with Gasteiger partial charge in [0.2, 0.25) is 0 Å². The zero-order chi connectivity index (χ0) is 43.7. The molecule has 0 amide bonds. The highest BCUT2D eigenvalue weighted by atomic mass is 15.2. The van der Waals surface area contributed by atoms with Crippen LogP contribution >= 0.6 is 0 Å². The topological polar surface area (TPSA) is 6.48 Å². The lowest BCUT2D eigenvalue weighted by Gasteiger charge is -2.61. The summed E-state index contributed by atoms with van der Waals surface area (Å²) in [5.41, 5.74) is 18.3. The molecule has 2 nitrogen and oxygen atoms in total. The number of anilines is 6. The fourth-order valence-electron chi connectivity index (χ4n) is 14.4. The Morgan fingerprint density at radius 1 is 0.394 bits per heavy atom. The molecule has 0 unspecified atom stereocenters. The monoisotopic (exact) mass is 848 g/mol. The summed E-state index contributed by atoms with van der Waals surface area (Å²) in [6.07, 6.45) is 6.97. The first-order valence-electron chi connectivity index (χ1n) is 24.3. The molecule has 5 aliphatic rings. The highest BCUT2D eigenvalue weighted by molar-refractivity contribution is 6.28. The van der Waals surface area contributed by atoms with Crippen LogP contribution in [0.1, 0.15) is 54.4 Å². The number of hydrogen-bond donors (Lipinski definition) is 0. The maximum Gasteiger partial charge on any atom is 0.0543 e. The van der Waals surface area contributed by atoms with Gasteiger partial charge in [0.05, 0.1) is 17.1 Å². The molecule has 0 N–H and O–H groups in total. The van der Waals surface area contributed by atoms with E-state index in [-0.39, 0.29) is 5.41 Å². The minimum atomic E-state index is 0.0937. The molecule has 0 aliphatic heterocycles. The molecule has 4 fully saturated rings. The first-order valence-corrected chi connectivity index (χ1v) is 24.3. The van der Waals surface area contributed by atoms with Gasteiger partial charge < -0.3 is 9.80 Å². The third-order valence-electron chi connectivity index (χ3n) is 16.6. The fraction of sp³-hybridized carbons (Fsp3) is 0.188. The zero-order valence-corrected chi connectivity index (χ0v) is 37.7. The van der Waals surface area contributed by atoms with E-state index in [0.717, 1.165) is 23.2 Å². The van der Waals surface area contributed by atoms with Gasteiger partial charge in [0.25, 0.3) is 0 Å². The largest absolute Gasteiger partial charge is 0.310 e. The number of hydrogen-bond acceptors (Lipinski definition) is 2. The lowest BCUT2D eigenvalue weighted by molar-refractivity contribution is -0.0399. The van der Waals surface area contributed by atoms with Crippen LogP contribution in [-0.2, 0) is 5.41 Å². The molecule has 15 rings (SSSR count). The summed E-state index contributed by atoms with van der Waals surface area (Å²) in [5.74, 6) is 3.23. The maximum absolute atomic E-state index is 2.62. The molecule has 66 heavy (non-hydrogen) atoms. The second-order valence-corrected chi connectivity index (χ2v) is 20.3. The Hall–Kier alpha value is -7.16. The predicted octanol–water partition coefficient (Wildman–Crippen LogP) is 17.5. The molecule has 10 aromatic rings. The highest BCUT2D eigenvalue weighted by Gasteiger charge is 2.62. The summed E-state index contributed by atoms with van der Waals surface area (Å²) in [7, 11) is 0. The van der Waals surface area contributed by atoms with E-state index in [1.165, 1.54) is 121 Å². The van der Waals surface area contributed by atoms with E-state index in [2.05, 4.69) is 218 Å². The smallest absolute Gasteiger partial charge is 0.0543 e. The van der Waals surface area contributed by atoms with Gasteiger partial charge in [-0.25, -0.2) is 0 Å². The molecule has 10 aromatic carbocycles. The van der Waals surface area contributed by atoms with Gasteiger partial charge >= 0.3 is 0 Å². The van der Waals surface area contributed by atoms with E-state index in [9.17, 15) is 0 Å². The predicted molar refractivity (Wildman–Crippen MR) is 278 cm³/mol. The summed E-state index contributed by atoms with van der Waals surface area (Å²) in [5, 5.41) is 7.65. The molecular weight excluding hydrogens is 797 g/mol. The summed E-state index contributed by atoms with van der Waals surface area (Å²) in [6, 6.07) is 73.8. The van der Waals surface area contributed by atoms with Crippen molar-refractivity contribution in [3.05, 3.63) is 216 Å². The average molecular weight is 849 g/mol. The number of rotatable bonds is 7. The van der Waals surface area contributed by atoms with Crippen molar-refractivity contribution < 1.29 is 0 Å². The molecule has 0 aromatic heterocycles. The van der Waals surface area contributed by atoms with Crippen molar-refractivity contribution >= 4 is 66.4 Å². The van der Waals surface area contributed by atoms with Gasteiger partial charge in [-0.05, 0) is 185 Å². The minimum absolute atomic E-state index is 0.0937. The van der Waals surface area contributed by atoms with Crippen molar-refractivity contribution in [3.63, 3.8) is 0 Å². The van der Waals surface area contributed by atoms with Crippen LogP contribution in [0, 0.1) is 37.5 Å². The second-order valence-electron chi connectivity index (χ2n) is 20.3. The third-order valence-corrected chi connectivity index (χ3v) is 16.6. The van der Waals surface area contributed by atoms with Crippen molar-refractivity contribution in [2.24, 2.45) is 23.7 Å². The zero-order valence-electron chi connectivity index (χ0n) is 37.7. The van der Waals surface area contributed by atoms with Crippen LogP contribution < -0.4 is 9.80 Å². The molecule has 4 bridgehead atoms. The van der Waals surface area contributed by atoms with Crippen LogP contribution in [0.5, 0.6) is 0 Å². The first-order chi connectivity index (χ1) is 32.5. The summed E-state index contributed by atoms with van der Waals surface area (Å²) in [4.78, 5) is 5.09. The van der Waals surface area contributed by atoms with Gasteiger partial charge in [0, 0.05) is 38.8 Å². The lowest BCUT2D eigenvalue weighted by atomic mass is 9.43. The van der Waals surface area contributed by atoms with Crippen LogP contribution in [0.3, 0.4) is 0 Å². The van der Waals surface area contributed by atoms with Crippen LogP contribution in [0.15, 0.2) is 194 Å². The van der Waals surface area contributed by atoms with Gasteiger partial charge in [-0.2, -0.15) is 0 Å². The van der Waals surface area contributed by atoms with Crippen molar-refractivity contribution in [2.45, 2.75) is 51.4 Å². The van der Waals surface area contributed by atoms with E-state index >= 15 is 0 Å². The highest BCUT2D eigenvalue weighted by Crippen LogP contribution is 2.70. The average Bonchev–Trinajstić information content (AvgIpc) is 3.65. The lowest BCUT2D eigenvalue weighted by Crippen LogP contribution is -2.55. The summed E-state index contributed by atoms with van der Waals surface area (Å²) >= 11 is 0. The minimum Gasteiger partial charge on any atom is -0.310 e. The normalized spacial score (nSPS) is 21.2. The molecule has 318 valence electrons. The maximum atomic E-state index is 2.62. The van der Waals surface area contributed by atoms with Gasteiger partial charge in [-0.1, -0.05) is 140 Å². The molecule has 0 saturated heterocycles. The Morgan fingerprint density at radius 2 is 0.909 bits per heavy atom. The second kappa shape index (κ2) is 14.4. The number of aryl methyl sites for hydroxylation is 2. The van der Waals surface area contributed by atoms with E-state index in [1.54, 1.807) is 11.1 Å². The SMILES string of the molecule is Cc1cccc(N(c2cccc(-c3ccccc3)c2)c2ccc3ccc4c(N(c5cccc(C)c5)c5cccc6c5-c5ccccc5C65C6CC7CC(C6)CC5C7)ccc5ccc2c3c54)c1. The Balaban J connectivity index is 1.00. The molecule has 0 heterocycles. The van der Waals surface area contributed by atoms with Crippen LogP contribution in [0.25, 0.3) is 54.6 Å². The Labute approximate surface area is 388 Å². The fourth-order valence-corrected chi connectivity index (χ4v) is 14.4. The van der Waals surface area contributed by atoms with Crippen LogP contribution in [0.2, 0.25) is 0 Å². The summed E-state index contributed by atoms with van der Waals surface area (Å²) < 4.78 is 0. The number of benzene rings is 10. The first kappa shape index (κ1) is 38.1. The standard InChI is InChI=1S/C64H52N2/c1-40-12-8-17-50(32-40)65(52-19-10-16-47(39-52)44-14-4-3-5-15-44)58-30-26-45-25-29-55-59(31-27-46-24-28-54(58)61(45)62(46)55)66(51-18-9-13-41(2)33-51)60-23-11-22-57-63(60)53-20-6-7-21-56(53)64(57)48-35-42-34-43(37-48)38-49(64)36-42/h3-33,39,42-43,48-49H,34-38H2,1-2H3. The van der Waals surface area contributed by atoms with E-state index in [4.69, 9.17) is 0 Å². The van der Waals surface area contributed by atoms with E-state index in [0.29, 0.717) is 11.8 Å². The van der Waals surface area contributed by atoms with Gasteiger partial charge in [0.1, 0.15) is 0 Å².